The minimum Gasteiger partial charge on any atom is -0.461 e. The van der Waals surface area contributed by atoms with Crippen molar-refractivity contribution < 1.29 is 9.53 Å². The molecule has 0 N–H and O–H groups in total. The zero-order chi connectivity index (χ0) is 12.7. The molecule has 0 aromatic carbocycles. The van der Waals surface area contributed by atoms with Gasteiger partial charge in [0.2, 0.25) is 0 Å². The summed E-state index contributed by atoms with van der Waals surface area (Å²) in [6, 6.07) is 3.59. The van der Waals surface area contributed by atoms with Crippen molar-refractivity contribution in [3.8, 4) is 0 Å². The summed E-state index contributed by atoms with van der Waals surface area (Å²) in [5.41, 5.74) is 2.07. The van der Waals surface area contributed by atoms with Crippen molar-refractivity contribution in [1.29, 1.82) is 0 Å². The summed E-state index contributed by atoms with van der Waals surface area (Å²) in [6.45, 7) is 2.14. The van der Waals surface area contributed by atoms with Crippen molar-refractivity contribution in [1.82, 2.24) is 14.6 Å². The van der Waals surface area contributed by atoms with Crippen LogP contribution in [0, 0.1) is 0 Å². The van der Waals surface area contributed by atoms with Gasteiger partial charge in [-0.15, -0.1) is 0 Å². The number of halogens is 1. The number of esters is 1. The molecule has 1 aliphatic rings. The molecule has 1 fully saturated rings. The average molecular weight is 310 g/mol. The molecule has 0 atom stereocenters. The Morgan fingerprint density at radius 1 is 1.56 bits per heavy atom. The lowest BCUT2D eigenvalue weighted by Gasteiger charge is -2.06. The first kappa shape index (κ1) is 11.6. The highest BCUT2D eigenvalue weighted by Gasteiger charge is 2.28. The quantitative estimate of drug-likeness (QED) is 0.818. The summed E-state index contributed by atoms with van der Waals surface area (Å²) in [6.07, 6.45) is 2.28. The molecule has 0 amide bonds. The number of aromatic nitrogens is 3. The van der Waals surface area contributed by atoms with Crippen LogP contribution in [-0.2, 0) is 4.74 Å². The molecule has 1 saturated carbocycles. The van der Waals surface area contributed by atoms with E-state index in [1.807, 2.05) is 0 Å². The summed E-state index contributed by atoms with van der Waals surface area (Å²) in [5, 5.41) is 4.34. The fourth-order valence-electron chi connectivity index (χ4n) is 1.95. The predicted molar refractivity (Wildman–Crippen MR) is 68.6 cm³/mol. The van der Waals surface area contributed by atoms with E-state index in [-0.39, 0.29) is 5.97 Å². The van der Waals surface area contributed by atoms with Gasteiger partial charge in [-0.3, -0.25) is 0 Å². The largest absolute Gasteiger partial charge is 0.461 e. The maximum atomic E-state index is 11.8. The Bertz CT molecular complexity index is 619. The maximum Gasteiger partial charge on any atom is 0.357 e. The van der Waals surface area contributed by atoms with E-state index >= 15 is 0 Å². The van der Waals surface area contributed by atoms with Crippen LogP contribution in [-0.4, -0.2) is 27.2 Å². The first-order chi connectivity index (χ1) is 8.69. The number of rotatable bonds is 3. The van der Waals surface area contributed by atoms with Gasteiger partial charge in [0, 0.05) is 17.7 Å². The number of fused-ring (bicyclic) bond motifs is 1. The van der Waals surface area contributed by atoms with Crippen molar-refractivity contribution >= 4 is 27.5 Å². The van der Waals surface area contributed by atoms with Crippen LogP contribution in [0.4, 0.5) is 0 Å². The molecular weight excluding hydrogens is 298 g/mol. The monoisotopic (exact) mass is 309 g/mol. The Morgan fingerprint density at radius 2 is 2.33 bits per heavy atom. The van der Waals surface area contributed by atoms with Gasteiger partial charge in [-0.05, 0) is 41.8 Å². The molecule has 6 heteroatoms. The molecule has 0 bridgehead atoms. The number of carbonyl (C=O) groups is 1. The van der Waals surface area contributed by atoms with Gasteiger partial charge in [0.15, 0.2) is 11.3 Å². The molecule has 2 aromatic heterocycles. The second-order valence-electron chi connectivity index (χ2n) is 4.30. The standard InChI is InChI=1S/C12H12BrN3O2/c1-2-18-12(17)8-5-9(7-3-4-7)16-11(14-8)6-10(13)15-16/h5-7H,2-4H2,1H3. The molecule has 0 radical (unpaired) electrons. The topological polar surface area (TPSA) is 56.5 Å². The third kappa shape index (κ3) is 2.01. The Morgan fingerprint density at radius 3 is 3.00 bits per heavy atom. The van der Waals surface area contributed by atoms with Gasteiger partial charge >= 0.3 is 5.97 Å². The summed E-state index contributed by atoms with van der Waals surface area (Å²) < 4.78 is 7.51. The van der Waals surface area contributed by atoms with Gasteiger partial charge < -0.3 is 4.74 Å². The first-order valence-electron chi connectivity index (χ1n) is 5.92. The van der Waals surface area contributed by atoms with E-state index in [9.17, 15) is 4.79 Å². The summed E-state index contributed by atoms with van der Waals surface area (Å²) in [4.78, 5) is 16.0. The van der Waals surface area contributed by atoms with E-state index in [4.69, 9.17) is 4.74 Å². The predicted octanol–water partition coefficient (Wildman–Crippen LogP) is 2.55. The Labute approximate surface area is 112 Å². The Kier molecular flexibility index (Phi) is 2.81. The van der Waals surface area contributed by atoms with Gasteiger partial charge in [-0.2, -0.15) is 5.10 Å². The average Bonchev–Trinajstić information content (AvgIpc) is 3.09. The highest BCUT2D eigenvalue weighted by atomic mass is 79.9. The number of nitrogens with zero attached hydrogens (tertiary/aromatic N) is 3. The van der Waals surface area contributed by atoms with Crippen molar-refractivity contribution in [2.24, 2.45) is 0 Å². The van der Waals surface area contributed by atoms with Crippen molar-refractivity contribution in [2.45, 2.75) is 25.7 Å². The van der Waals surface area contributed by atoms with Gasteiger partial charge in [-0.1, -0.05) is 0 Å². The Balaban J connectivity index is 2.13. The number of hydrogen-bond acceptors (Lipinski definition) is 4. The lowest BCUT2D eigenvalue weighted by molar-refractivity contribution is 0.0519. The first-order valence-corrected chi connectivity index (χ1v) is 6.71. The molecule has 94 valence electrons. The zero-order valence-electron chi connectivity index (χ0n) is 9.89. The van der Waals surface area contributed by atoms with E-state index in [1.54, 1.807) is 23.6 Å². The molecule has 18 heavy (non-hydrogen) atoms. The third-order valence-electron chi connectivity index (χ3n) is 2.91. The van der Waals surface area contributed by atoms with Crippen molar-refractivity contribution in [3.05, 3.63) is 28.1 Å². The molecule has 2 heterocycles. The van der Waals surface area contributed by atoms with E-state index in [0.29, 0.717) is 23.9 Å². The van der Waals surface area contributed by atoms with Crippen LogP contribution in [0.3, 0.4) is 0 Å². The zero-order valence-corrected chi connectivity index (χ0v) is 11.5. The van der Waals surface area contributed by atoms with Crippen LogP contribution >= 0.6 is 15.9 Å². The lowest BCUT2D eigenvalue weighted by Crippen LogP contribution is -2.10. The van der Waals surface area contributed by atoms with Gasteiger partial charge in [-0.25, -0.2) is 14.3 Å². The molecule has 3 rings (SSSR count). The number of ether oxygens (including phenoxy) is 1. The van der Waals surface area contributed by atoms with Crippen LogP contribution < -0.4 is 0 Å². The summed E-state index contributed by atoms with van der Waals surface area (Å²) in [5.74, 6) is 0.106. The van der Waals surface area contributed by atoms with Gasteiger partial charge in [0.1, 0.15) is 4.60 Å². The SMILES string of the molecule is CCOC(=O)c1cc(C2CC2)n2nc(Br)cc2n1. The number of carbonyl (C=O) groups excluding carboxylic acids is 1. The molecule has 5 nitrogen and oxygen atoms in total. The third-order valence-corrected chi connectivity index (χ3v) is 3.29. The molecule has 2 aromatic rings. The number of hydrogen-bond donors (Lipinski definition) is 0. The summed E-state index contributed by atoms with van der Waals surface area (Å²) in [7, 11) is 0. The minimum absolute atomic E-state index is 0.355. The molecule has 0 spiro atoms. The Hall–Kier alpha value is -1.43. The van der Waals surface area contributed by atoms with Crippen LogP contribution in [0.15, 0.2) is 16.7 Å². The van der Waals surface area contributed by atoms with Crippen molar-refractivity contribution in [2.75, 3.05) is 6.61 Å². The molecule has 0 aliphatic heterocycles. The van der Waals surface area contributed by atoms with Gasteiger partial charge in [0.05, 0.1) is 6.61 Å². The van der Waals surface area contributed by atoms with Crippen LogP contribution in [0.25, 0.3) is 5.65 Å². The molecule has 0 unspecified atom stereocenters. The molecular formula is C12H12BrN3O2. The van der Waals surface area contributed by atoms with E-state index in [0.717, 1.165) is 23.1 Å². The van der Waals surface area contributed by atoms with E-state index < -0.39 is 0 Å². The van der Waals surface area contributed by atoms with Crippen LogP contribution in [0.1, 0.15) is 41.9 Å². The minimum atomic E-state index is -0.376. The summed E-state index contributed by atoms with van der Waals surface area (Å²) >= 11 is 3.33. The lowest BCUT2D eigenvalue weighted by atomic mass is 10.2. The second-order valence-corrected chi connectivity index (χ2v) is 5.11. The molecule has 0 saturated heterocycles. The molecule has 1 aliphatic carbocycles. The highest BCUT2D eigenvalue weighted by molar-refractivity contribution is 9.10. The fraction of sp³-hybridized carbons (Fsp3) is 0.417. The van der Waals surface area contributed by atoms with Crippen LogP contribution in [0.5, 0.6) is 0 Å². The second kappa shape index (κ2) is 4.35. The van der Waals surface area contributed by atoms with Crippen LogP contribution in [0.2, 0.25) is 0 Å². The normalized spacial score (nSPS) is 15.0. The maximum absolute atomic E-state index is 11.8. The van der Waals surface area contributed by atoms with E-state index in [2.05, 4.69) is 26.0 Å². The van der Waals surface area contributed by atoms with Gasteiger partial charge in [0.25, 0.3) is 0 Å². The smallest absolute Gasteiger partial charge is 0.357 e. The highest BCUT2D eigenvalue weighted by Crippen LogP contribution is 2.40. The van der Waals surface area contributed by atoms with E-state index in [1.165, 1.54) is 0 Å². The fourth-order valence-corrected chi connectivity index (χ4v) is 2.31. The van der Waals surface area contributed by atoms with Crippen molar-refractivity contribution in [3.63, 3.8) is 0 Å².